The average Bonchev–Trinajstić information content (AvgIpc) is 2.54. The molecule has 23 heavy (non-hydrogen) atoms. The standard InChI is InChI=1S/C19H28ClN3/c20-16-4-1-7-18(14-16)21-10-12-22(13-11-21)19-8-3-9-23(15-19)17-5-2-6-17/h1,4,7,14,17,19H,2-3,5-6,8-13,15H2/t19-/m1/s1. The maximum Gasteiger partial charge on any atom is 0.0426 e. The predicted molar refractivity (Wildman–Crippen MR) is 97.5 cm³/mol. The van der Waals surface area contributed by atoms with E-state index in [2.05, 4.69) is 32.9 Å². The minimum atomic E-state index is 0.783. The Balaban J connectivity index is 1.32. The minimum absolute atomic E-state index is 0.783. The summed E-state index contributed by atoms with van der Waals surface area (Å²) >= 11 is 6.14. The van der Waals surface area contributed by atoms with Crippen molar-refractivity contribution in [2.45, 2.75) is 44.2 Å². The molecular formula is C19H28ClN3. The van der Waals surface area contributed by atoms with Gasteiger partial charge in [0.15, 0.2) is 0 Å². The van der Waals surface area contributed by atoms with Crippen LogP contribution in [0.2, 0.25) is 5.02 Å². The summed E-state index contributed by atoms with van der Waals surface area (Å²) in [5.74, 6) is 0. The van der Waals surface area contributed by atoms with E-state index in [0.29, 0.717) is 0 Å². The minimum Gasteiger partial charge on any atom is -0.369 e. The monoisotopic (exact) mass is 333 g/mol. The van der Waals surface area contributed by atoms with Crippen LogP contribution < -0.4 is 4.90 Å². The number of likely N-dealkylation sites (tertiary alicyclic amines) is 1. The molecule has 0 radical (unpaired) electrons. The van der Waals surface area contributed by atoms with Crippen molar-refractivity contribution in [2.75, 3.05) is 44.2 Å². The van der Waals surface area contributed by atoms with Crippen molar-refractivity contribution in [3.63, 3.8) is 0 Å². The van der Waals surface area contributed by atoms with Crippen molar-refractivity contribution in [3.8, 4) is 0 Å². The van der Waals surface area contributed by atoms with E-state index in [9.17, 15) is 0 Å². The van der Waals surface area contributed by atoms with Crippen LogP contribution in [0.5, 0.6) is 0 Å². The van der Waals surface area contributed by atoms with Crippen LogP contribution in [0.3, 0.4) is 0 Å². The van der Waals surface area contributed by atoms with E-state index in [1.165, 1.54) is 64.0 Å². The van der Waals surface area contributed by atoms with Crippen LogP contribution >= 0.6 is 11.6 Å². The number of hydrogen-bond acceptors (Lipinski definition) is 3. The first-order chi connectivity index (χ1) is 11.3. The zero-order valence-electron chi connectivity index (χ0n) is 14.0. The third kappa shape index (κ3) is 3.52. The third-order valence-electron chi connectivity index (χ3n) is 6.02. The zero-order valence-corrected chi connectivity index (χ0v) is 14.7. The van der Waals surface area contributed by atoms with Crippen molar-refractivity contribution in [1.82, 2.24) is 9.80 Å². The molecule has 3 fully saturated rings. The van der Waals surface area contributed by atoms with Gasteiger partial charge >= 0.3 is 0 Å². The third-order valence-corrected chi connectivity index (χ3v) is 6.26. The number of benzene rings is 1. The number of anilines is 1. The number of piperazine rings is 1. The molecule has 2 aliphatic heterocycles. The second-order valence-electron chi connectivity index (χ2n) is 7.38. The molecule has 2 heterocycles. The van der Waals surface area contributed by atoms with Gasteiger partial charge in [-0.25, -0.2) is 0 Å². The Kier molecular flexibility index (Phi) is 4.79. The van der Waals surface area contributed by atoms with Gasteiger partial charge in [-0.2, -0.15) is 0 Å². The lowest BCUT2D eigenvalue weighted by atomic mass is 9.89. The summed E-state index contributed by atoms with van der Waals surface area (Å²) in [4.78, 5) is 8.00. The van der Waals surface area contributed by atoms with Crippen molar-refractivity contribution < 1.29 is 0 Å². The fourth-order valence-electron chi connectivity index (χ4n) is 4.38. The summed E-state index contributed by atoms with van der Waals surface area (Å²) in [5.41, 5.74) is 1.27. The normalized spacial score (nSPS) is 27.9. The van der Waals surface area contributed by atoms with Gasteiger partial charge in [0.1, 0.15) is 0 Å². The average molecular weight is 334 g/mol. The van der Waals surface area contributed by atoms with Crippen LogP contribution in [0, 0.1) is 0 Å². The molecule has 4 rings (SSSR count). The molecule has 0 unspecified atom stereocenters. The first-order valence-electron chi connectivity index (χ1n) is 9.28. The Hall–Kier alpha value is -0.770. The predicted octanol–water partition coefficient (Wildman–Crippen LogP) is 3.48. The number of nitrogens with zero attached hydrogens (tertiary/aromatic N) is 3. The largest absolute Gasteiger partial charge is 0.369 e. The van der Waals surface area contributed by atoms with Crippen molar-refractivity contribution >= 4 is 17.3 Å². The highest BCUT2D eigenvalue weighted by molar-refractivity contribution is 6.30. The van der Waals surface area contributed by atoms with Gasteiger partial charge in [-0.05, 0) is 50.4 Å². The number of piperidine rings is 1. The zero-order chi connectivity index (χ0) is 15.6. The molecule has 1 saturated carbocycles. The maximum atomic E-state index is 6.14. The van der Waals surface area contributed by atoms with E-state index in [0.717, 1.165) is 30.2 Å². The Morgan fingerprint density at radius 1 is 0.826 bits per heavy atom. The summed E-state index contributed by atoms with van der Waals surface area (Å²) in [6.45, 7) is 7.28. The molecule has 1 atom stereocenters. The molecule has 2 saturated heterocycles. The van der Waals surface area contributed by atoms with Crippen LogP contribution in [0.25, 0.3) is 0 Å². The van der Waals surface area contributed by atoms with Crippen LogP contribution in [-0.4, -0.2) is 61.2 Å². The van der Waals surface area contributed by atoms with Gasteiger partial charge in [-0.1, -0.05) is 24.1 Å². The molecule has 1 aliphatic carbocycles. The number of halogens is 1. The van der Waals surface area contributed by atoms with E-state index in [1.807, 2.05) is 6.07 Å². The van der Waals surface area contributed by atoms with Crippen molar-refractivity contribution in [1.29, 1.82) is 0 Å². The Bertz CT molecular complexity index is 523. The SMILES string of the molecule is Clc1cccc(N2CCN([C@@H]3CCCN(C4CCC4)C3)CC2)c1. The molecule has 4 heteroatoms. The Morgan fingerprint density at radius 2 is 1.61 bits per heavy atom. The maximum absolute atomic E-state index is 6.14. The van der Waals surface area contributed by atoms with E-state index < -0.39 is 0 Å². The van der Waals surface area contributed by atoms with Gasteiger partial charge in [-0.15, -0.1) is 0 Å². The molecule has 126 valence electrons. The first kappa shape index (κ1) is 15.7. The van der Waals surface area contributed by atoms with Crippen LogP contribution in [0.4, 0.5) is 5.69 Å². The van der Waals surface area contributed by atoms with Gasteiger partial charge < -0.3 is 4.90 Å². The highest BCUT2D eigenvalue weighted by atomic mass is 35.5. The molecule has 3 aliphatic rings. The second kappa shape index (κ2) is 7.00. The van der Waals surface area contributed by atoms with E-state index >= 15 is 0 Å². The first-order valence-corrected chi connectivity index (χ1v) is 9.66. The topological polar surface area (TPSA) is 9.72 Å². The van der Waals surface area contributed by atoms with Gasteiger partial charge in [0.2, 0.25) is 0 Å². The van der Waals surface area contributed by atoms with E-state index in [4.69, 9.17) is 11.6 Å². The second-order valence-corrected chi connectivity index (χ2v) is 7.82. The van der Waals surface area contributed by atoms with Gasteiger partial charge in [0, 0.05) is 55.5 Å². The molecule has 1 aromatic rings. The molecule has 0 amide bonds. The molecule has 0 spiro atoms. The summed E-state index contributed by atoms with van der Waals surface area (Å²) < 4.78 is 0. The van der Waals surface area contributed by atoms with Gasteiger partial charge in [0.05, 0.1) is 0 Å². The van der Waals surface area contributed by atoms with Crippen LogP contribution in [0.1, 0.15) is 32.1 Å². The van der Waals surface area contributed by atoms with Crippen molar-refractivity contribution in [2.24, 2.45) is 0 Å². The summed E-state index contributed by atoms with van der Waals surface area (Å²) in [6.07, 6.45) is 7.10. The number of rotatable bonds is 3. The molecular weight excluding hydrogens is 306 g/mol. The fraction of sp³-hybridized carbons (Fsp3) is 0.684. The van der Waals surface area contributed by atoms with Crippen molar-refractivity contribution in [3.05, 3.63) is 29.3 Å². The molecule has 0 aromatic heterocycles. The summed E-state index contributed by atoms with van der Waals surface area (Å²) in [5, 5.41) is 0.841. The van der Waals surface area contributed by atoms with Crippen LogP contribution in [0.15, 0.2) is 24.3 Å². The van der Waals surface area contributed by atoms with Gasteiger partial charge in [-0.3, -0.25) is 9.80 Å². The van der Waals surface area contributed by atoms with Crippen LogP contribution in [-0.2, 0) is 0 Å². The Morgan fingerprint density at radius 3 is 2.30 bits per heavy atom. The lowest BCUT2D eigenvalue weighted by Crippen LogP contribution is -2.57. The van der Waals surface area contributed by atoms with E-state index in [1.54, 1.807) is 0 Å². The molecule has 3 nitrogen and oxygen atoms in total. The molecule has 0 N–H and O–H groups in total. The fourth-order valence-corrected chi connectivity index (χ4v) is 4.57. The smallest absolute Gasteiger partial charge is 0.0426 e. The quantitative estimate of drug-likeness (QED) is 0.838. The Labute approximate surface area is 145 Å². The number of hydrogen-bond donors (Lipinski definition) is 0. The summed E-state index contributed by atoms with van der Waals surface area (Å²) in [6, 6.07) is 9.98. The summed E-state index contributed by atoms with van der Waals surface area (Å²) in [7, 11) is 0. The molecule has 0 bridgehead atoms. The lowest BCUT2D eigenvalue weighted by molar-refractivity contribution is 0.0419. The highest BCUT2D eigenvalue weighted by Crippen LogP contribution is 2.29. The lowest BCUT2D eigenvalue weighted by Gasteiger charge is -2.47. The highest BCUT2D eigenvalue weighted by Gasteiger charge is 2.32. The van der Waals surface area contributed by atoms with E-state index in [-0.39, 0.29) is 0 Å². The molecule has 1 aromatic carbocycles. The van der Waals surface area contributed by atoms with Gasteiger partial charge in [0.25, 0.3) is 0 Å².